The smallest absolute Gasteiger partial charge is 0.271 e. The molecule has 0 aromatic heterocycles. The van der Waals surface area contributed by atoms with Crippen molar-refractivity contribution in [3.8, 4) is 0 Å². The number of hydrogen-bond acceptors (Lipinski definition) is 4. The zero-order valence-corrected chi connectivity index (χ0v) is 13.8. The molecular weight excluding hydrogens is 321 g/mol. The molecule has 1 fully saturated rings. The SMILES string of the molecule is O=C(N/N=C\c1ccccc1F)c1ccc(CN2CCOCC2)cc1. The minimum atomic E-state index is -0.382. The fourth-order valence-corrected chi connectivity index (χ4v) is 2.58. The zero-order chi connectivity index (χ0) is 17.5. The third-order valence-electron chi connectivity index (χ3n) is 4.00. The normalized spacial score (nSPS) is 15.4. The molecule has 0 bridgehead atoms. The summed E-state index contributed by atoms with van der Waals surface area (Å²) in [5.74, 6) is -0.710. The summed E-state index contributed by atoms with van der Waals surface area (Å²) in [5, 5.41) is 3.81. The Bertz CT molecular complexity index is 741. The maximum Gasteiger partial charge on any atom is 0.271 e. The molecular formula is C19H20FN3O2. The number of nitrogens with one attached hydrogen (secondary N) is 1. The number of benzene rings is 2. The number of carbonyl (C=O) groups excluding carboxylic acids is 1. The van der Waals surface area contributed by atoms with Crippen LogP contribution in [0.4, 0.5) is 4.39 Å². The van der Waals surface area contributed by atoms with Crippen LogP contribution in [0.15, 0.2) is 53.6 Å². The Morgan fingerprint density at radius 1 is 1.16 bits per heavy atom. The van der Waals surface area contributed by atoms with E-state index in [1.807, 2.05) is 12.1 Å². The molecule has 2 aromatic rings. The van der Waals surface area contributed by atoms with Crippen LogP contribution in [0.2, 0.25) is 0 Å². The van der Waals surface area contributed by atoms with Crippen molar-refractivity contribution in [2.75, 3.05) is 26.3 Å². The average molecular weight is 341 g/mol. The van der Waals surface area contributed by atoms with Gasteiger partial charge < -0.3 is 4.74 Å². The van der Waals surface area contributed by atoms with E-state index in [0.717, 1.165) is 38.4 Å². The summed E-state index contributed by atoms with van der Waals surface area (Å²) in [7, 11) is 0. The van der Waals surface area contributed by atoms with Crippen LogP contribution in [0, 0.1) is 5.82 Å². The zero-order valence-electron chi connectivity index (χ0n) is 13.8. The lowest BCUT2D eigenvalue weighted by molar-refractivity contribution is 0.0342. The van der Waals surface area contributed by atoms with Crippen molar-refractivity contribution < 1.29 is 13.9 Å². The molecule has 25 heavy (non-hydrogen) atoms. The van der Waals surface area contributed by atoms with Crippen LogP contribution in [0.25, 0.3) is 0 Å². The van der Waals surface area contributed by atoms with Gasteiger partial charge in [-0.2, -0.15) is 5.10 Å². The second kappa shape index (κ2) is 8.50. The van der Waals surface area contributed by atoms with Gasteiger partial charge in [0.2, 0.25) is 0 Å². The molecule has 3 rings (SSSR count). The number of hydrogen-bond donors (Lipinski definition) is 1. The third kappa shape index (κ3) is 4.95. The first-order chi connectivity index (χ1) is 12.2. The summed E-state index contributed by atoms with van der Waals surface area (Å²) < 4.78 is 18.8. The van der Waals surface area contributed by atoms with E-state index in [9.17, 15) is 9.18 Å². The maximum absolute atomic E-state index is 13.5. The highest BCUT2D eigenvalue weighted by Crippen LogP contribution is 2.09. The van der Waals surface area contributed by atoms with Crippen LogP contribution in [-0.4, -0.2) is 43.3 Å². The number of rotatable bonds is 5. The molecule has 2 aromatic carbocycles. The van der Waals surface area contributed by atoms with Crippen molar-refractivity contribution in [3.63, 3.8) is 0 Å². The fourth-order valence-electron chi connectivity index (χ4n) is 2.58. The van der Waals surface area contributed by atoms with Gasteiger partial charge in [-0.1, -0.05) is 30.3 Å². The van der Waals surface area contributed by atoms with E-state index < -0.39 is 0 Å². The lowest BCUT2D eigenvalue weighted by Gasteiger charge is -2.26. The Kier molecular flexibility index (Phi) is 5.87. The van der Waals surface area contributed by atoms with Gasteiger partial charge >= 0.3 is 0 Å². The number of amides is 1. The van der Waals surface area contributed by atoms with Gasteiger partial charge in [0.25, 0.3) is 5.91 Å². The summed E-state index contributed by atoms with van der Waals surface area (Å²) in [4.78, 5) is 14.4. The van der Waals surface area contributed by atoms with E-state index in [1.54, 1.807) is 30.3 Å². The summed E-state index contributed by atoms with van der Waals surface area (Å²) in [6.45, 7) is 4.22. The van der Waals surface area contributed by atoms with E-state index in [2.05, 4.69) is 15.4 Å². The monoisotopic (exact) mass is 341 g/mol. The highest BCUT2D eigenvalue weighted by atomic mass is 19.1. The third-order valence-corrected chi connectivity index (χ3v) is 4.00. The van der Waals surface area contributed by atoms with Crippen LogP contribution in [0.3, 0.4) is 0 Å². The van der Waals surface area contributed by atoms with Crippen LogP contribution in [0.1, 0.15) is 21.5 Å². The number of carbonyl (C=O) groups is 1. The molecule has 0 saturated carbocycles. The molecule has 6 heteroatoms. The van der Waals surface area contributed by atoms with Gasteiger partial charge in [0.15, 0.2) is 0 Å². The Balaban J connectivity index is 1.54. The van der Waals surface area contributed by atoms with Crippen LogP contribution >= 0.6 is 0 Å². The standard InChI is InChI=1S/C19H20FN3O2/c20-18-4-2-1-3-17(18)13-21-22-19(24)16-7-5-15(6-8-16)14-23-9-11-25-12-10-23/h1-8,13H,9-12,14H2,(H,22,24)/b21-13-. The van der Waals surface area contributed by atoms with Gasteiger partial charge in [-0.3, -0.25) is 9.69 Å². The van der Waals surface area contributed by atoms with Crippen molar-refractivity contribution in [2.24, 2.45) is 5.10 Å². The Hall–Kier alpha value is -2.57. The molecule has 1 amide bonds. The minimum Gasteiger partial charge on any atom is -0.379 e. The molecule has 0 atom stereocenters. The molecule has 1 aliphatic heterocycles. The minimum absolute atomic E-state index is 0.323. The van der Waals surface area contributed by atoms with E-state index in [0.29, 0.717) is 11.1 Å². The van der Waals surface area contributed by atoms with Crippen LogP contribution in [0.5, 0.6) is 0 Å². The average Bonchev–Trinajstić information content (AvgIpc) is 2.65. The number of nitrogens with zero attached hydrogens (tertiary/aromatic N) is 2. The number of hydrazone groups is 1. The number of ether oxygens (including phenoxy) is 1. The van der Waals surface area contributed by atoms with Crippen LogP contribution < -0.4 is 5.43 Å². The van der Waals surface area contributed by atoms with Gasteiger partial charge in [0.1, 0.15) is 5.82 Å². The van der Waals surface area contributed by atoms with Crippen molar-refractivity contribution >= 4 is 12.1 Å². The Labute approximate surface area is 146 Å². The van der Waals surface area contributed by atoms with Crippen LogP contribution in [-0.2, 0) is 11.3 Å². The molecule has 0 spiro atoms. The molecule has 0 aliphatic carbocycles. The van der Waals surface area contributed by atoms with Gasteiger partial charge in [-0.15, -0.1) is 0 Å². The van der Waals surface area contributed by atoms with Gasteiger partial charge in [-0.05, 0) is 23.8 Å². The van der Waals surface area contributed by atoms with Gasteiger partial charge in [0, 0.05) is 30.8 Å². The van der Waals surface area contributed by atoms with E-state index in [4.69, 9.17) is 4.74 Å². The first kappa shape index (κ1) is 17.3. The maximum atomic E-state index is 13.5. The summed E-state index contributed by atoms with van der Waals surface area (Å²) in [6.07, 6.45) is 1.29. The topological polar surface area (TPSA) is 53.9 Å². The van der Waals surface area contributed by atoms with Crippen molar-refractivity contribution in [3.05, 3.63) is 71.0 Å². The molecule has 1 N–H and O–H groups in total. The van der Waals surface area contributed by atoms with Crippen molar-refractivity contribution in [1.82, 2.24) is 10.3 Å². The quantitative estimate of drug-likeness (QED) is 0.671. The summed E-state index contributed by atoms with van der Waals surface area (Å²) in [5.41, 5.74) is 4.39. The van der Waals surface area contributed by atoms with E-state index in [1.165, 1.54) is 12.3 Å². The lowest BCUT2D eigenvalue weighted by Crippen LogP contribution is -2.35. The van der Waals surface area contributed by atoms with Gasteiger partial charge in [0.05, 0.1) is 19.4 Å². The second-order valence-corrected chi connectivity index (χ2v) is 5.81. The molecule has 0 radical (unpaired) electrons. The summed E-state index contributed by atoms with van der Waals surface area (Å²) in [6, 6.07) is 13.6. The van der Waals surface area contributed by atoms with E-state index >= 15 is 0 Å². The Morgan fingerprint density at radius 3 is 2.60 bits per heavy atom. The number of morpholine rings is 1. The van der Waals surface area contributed by atoms with Crippen molar-refractivity contribution in [2.45, 2.75) is 6.54 Å². The Morgan fingerprint density at radius 2 is 1.88 bits per heavy atom. The second-order valence-electron chi connectivity index (χ2n) is 5.81. The fraction of sp³-hybridized carbons (Fsp3) is 0.263. The first-order valence-electron chi connectivity index (χ1n) is 8.19. The molecule has 130 valence electrons. The summed E-state index contributed by atoms with van der Waals surface area (Å²) >= 11 is 0. The van der Waals surface area contributed by atoms with E-state index in [-0.39, 0.29) is 11.7 Å². The number of halogens is 1. The lowest BCUT2D eigenvalue weighted by atomic mass is 10.1. The molecule has 0 unspecified atom stereocenters. The predicted molar refractivity (Wildman–Crippen MR) is 94.0 cm³/mol. The molecule has 1 aliphatic rings. The van der Waals surface area contributed by atoms with Crippen molar-refractivity contribution in [1.29, 1.82) is 0 Å². The predicted octanol–water partition coefficient (Wildman–Crippen LogP) is 2.42. The highest BCUT2D eigenvalue weighted by molar-refractivity contribution is 5.94. The largest absolute Gasteiger partial charge is 0.379 e. The first-order valence-corrected chi connectivity index (χ1v) is 8.19. The molecule has 1 heterocycles. The molecule has 1 saturated heterocycles. The van der Waals surface area contributed by atoms with Gasteiger partial charge in [-0.25, -0.2) is 9.82 Å². The molecule has 5 nitrogen and oxygen atoms in total. The highest BCUT2D eigenvalue weighted by Gasteiger charge is 2.11.